The zero-order valence-electron chi connectivity index (χ0n) is 11.1. The van der Waals surface area contributed by atoms with Crippen molar-refractivity contribution in [2.75, 3.05) is 0 Å². The quantitative estimate of drug-likeness (QED) is 0.913. The van der Waals surface area contributed by atoms with Crippen molar-refractivity contribution in [2.45, 2.75) is 38.6 Å². The smallest absolute Gasteiger partial charge is 0.231 e. The van der Waals surface area contributed by atoms with Crippen LogP contribution >= 0.6 is 11.6 Å². The van der Waals surface area contributed by atoms with Crippen LogP contribution in [0.4, 0.5) is 0 Å². The molecule has 2 atom stereocenters. The van der Waals surface area contributed by atoms with Crippen molar-refractivity contribution < 1.29 is 4.52 Å². The fraction of sp³-hybridized carbons (Fsp3) is 0.429. The zero-order valence-corrected chi connectivity index (χ0v) is 11.9. The van der Waals surface area contributed by atoms with Crippen molar-refractivity contribution in [1.82, 2.24) is 10.1 Å². The van der Waals surface area contributed by atoms with Gasteiger partial charge in [-0.2, -0.15) is 4.98 Å². The van der Waals surface area contributed by atoms with E-state index in [1.165, 1.54) is 0 Å². The Kier molecular flexibility index (Phi) is 4.56. The summed E-state index contributed by atoms with van der Waals surface area (Å²) in [5, 5.41) is 4.73. The number of hydrogen-bond donors (Lipinski definition) is 1. The minimum atomic E-state index is 0.00818. The average molecular weight is 280 g/mol. The molecule has 1 heterocycles. The largest absolute Gasteiger partial charge is 0.339 e. The molecule has 2 rings (SSSR count). The number of benzene rings is 1. The fourth-order valence-electron chi connectivity index (χ4n) is 2.05. The van der Waals surface area contributed by atoms with Gasteiger partial charge in [0.1, 0.15) is 0 Å². The van der Waals surface area contributed by atoms with Crippen LogP contribution < -0.4 is 5.73 Å². The van der Waals surface area contributed by atoms with Crippen molar-refractivity contribution in [3.05, 3.63) is 46.6 Å². The van der Waals surface area contributed by atoms with Gasteiger partial charge in [0.15, 0.2) is 5.82 Å². The lowest BCUT2D eigenvalue weighted by Crippen LogP contribution is -2.24. The molecule has 0 spiro atoms. The third-order valence-corrected chi connectivity index (χ3v) is 3.40. The Morgan fingerprint density at radius 2 is 2.00 bits per heavy atom. The molecule has 0 bridgehead atoms. The second-order valence-electron chi connectivity index (χ2n) is 4.73. The van der Waals surface area contributed by atoms with E-state index in [-0.39, 0.29) is 12.0 Å². The second-order valence-corrected chi connectivity index (χ2v) is 5.16. The molecular weight excluding hydrogens is 262 g/mol. The molecule has 0 fully saturated rings. The van der Waals surface area contributed by atoms with Gasteiger partial charge in [-0.1, -0.05) is 35.8 Å². The van der Waals surface area contributed by atoms with E-state index in [2.05, 4.69) is 17.1 Å². The van der Waals surface area contributed by atoms with Crippen molar-refractivity contribution in [3.63, 3.8) is 0 Å². The lowest BCUT2D eigenvalue weighted by atomic mass is 9.99. The van der Waals surface area contributed by atoms with Crippen LogP contribution in [0.15, 0.2) is 28.8 Å². The predicted molar refractivity (Wildman–Crippen MR) is 75.2 cm³/mol. The molecule has 1 aromatic carbocycles. The van der Waals surface area contributed by atoms with Gasteiger partial charge in [0.05, 0.1) is 5.92 Å². The van der Waals surface area contributed by atoms with Gasteiger partial charge in [-0.25, -0.2) is 0 Å². The van der Waals surface area contributed by atoms with Gasteiger partial charge in [0.2, 0.25) is 5.89 Å². The molecular formula is C14H18ClN3O. The van der Waals surface area contributed by atoms with Crippen molar-refractivity contribution in [1.29, 1.82) is 0 Å². The van der Waals surface area contributed by atoms with Crippen LogP contribution in [0.1, 0.15) is 43.5 Å². The summed E-state index contributed by atoms with van der Waals surface area (Å²) in [5.74, 6) is 1.42. The van der Waals surface area contributed by atoms with Crippen LogP contribution in [0.3, 0.4) is 0 Å². The van der Waals surface area contributed by atoms with Crippen LogP contribution in [0.5, 0.6) is 0 Å². The van der Waals surface area contributed by atoms with E-state index in [1.807, 2.05) is 31.2 Å². The number of aromatic nitrogens is 2. The average Bonchev–Trinajstić information content (AvgIpc) is 2.81. The summed E-state index contributed by atoms with van der Waals surface area (Å²) < 4.78 is 5.31. The Morgan fingerprint density at radius 3 is 2.58 bits per heavy atom. The molecule has 102 valence electrons. The lowest BCUT2D eigenvalue weighted by molar-refractivity contribution is 0.331. The third-order valence-electron chi connectivity index (χ3n) is 3.15. The molecule has 0 radical (unpaired) electrons. The Hall–Kier alpha value is -1.39. The van der Waals surface area contributed by atoms with Crippen LogP contribution in [0.2, 0.25) is 5.02 Å². The molecule has 2 N–H and O–H groups in total. The molecule has 0 aliphatic carbocycles. The highest BCUT2D eigenvalue weighted by molar-refractivity contribution is 6.30. The number of halogens is 1. The first-order valence-electron chi connectivity index (χ1n) is 6.42. The molecule has 2 unspecified atom stereocenters. The first kappa shape index (κ1) is 14.0. The number of rotatable bonds is 5. The van der Waals surface area contributed by atoms with Gasteiger partial charge in [0.25, 0.3) is 0 Å². The Balaban J connectivity index is 2.10. The zero-order chi connectivity index (χ0) is 13.8. The second kappa shape index (κ2) is 6.17. The number of nitrogens with two attached hydrogens (primary N) is 1. The first-order valence-corrected chi connectivity index (χ1v) is 6.80. The van der Waals surface area contributed by atoms with Gasteiger partial charge in [-0.05, 0) is 31.0 Å². The Morgan fingerprint density at radius 1 is 1.32 bits per heavy atom. The molecule has 0 aliphatic heterocycles. The molecule has 19 heavy (non-hydrogen) atoms. The predicted octanol–water partition coefficient (Wildman–Crippen LogP) is 3.15. The highest BCUT2D eigenvalue weighted by Crippen LogP contribution is 2.21. The maximum absolute atomic E-state index is 5.92. The molecule has 0 aliphatic rings. The SMILES string of the molecule is CCC(c1nc(Cc2ccc(Cl)cc2)no1)C(C)N. The Labute approximate surface area is 118 Å². The minimum Gasteiger partial charge on any atom is -0.339 e. The number of nitrogens with zero attached hydrogens (tertiary/aromatic N) is 2. The highest BCUT2D eigenvalue weighted by atomic mass is 35.5. The van der Waals surface area contributed by atoms with E-state index in [1.54, 1.807) is 0 Å². The fourth-order valence-corrected chi connectivity index (χ4v) is 2.17. The molecule has 0 amide bonds. The normalized spacial score (nSPS) is 14.3. The van der Waals surface area contributed by atoms with Crippen molar-refractivity contribution >= 4 is 11.6 Å². The minimum absolute atomic E-state index is 0.00818. The van der Waals surface area contributed by atoms with Crippen LogP contribution in [0, 0.1) is 0 Å². The maximum Gasteiger partial charge on any atom is 0.231 e. The summed E-state index contributed by atoms with van der Waals surface area (Å²) in [6, 6.07) is 7.64. The maximum atomic E-state index is 5.92. The standard InChI is InChI=1S/C14H18ClN3O/c1-3-12(9(2)16)14-17-13(18-19-14)8-10-4-6-11(15)7-5-10/h4-7,9,12H,3,8,16H2,1-2H3. The summed E-state index contributed by atoms with van der Waals surface area (Å²) in [5.41, 5.74) is 7.02. The van der Waals surface area contributed by atoms with Crippen molar-refractivity contribution in [3.8, 4) is 0 Å². The summed E-state index contributed by atoms with van der Waals surface area (Å²) in [4.78, 5) is 4.43. The molecule has 0 saturated heterocycles. The highest BCUT2D eigenvalue weighted by Gasteiger charge is 2.20. The van der Waals surface area contributed by atoms with E-state index in [4.69, 9.17) is 21.9 Å². The first-order chi connectivity index (χ1) is 9.10. The van der Waals surface area contributed by atoms with Gasteiger partial charge in [0, 0.05) is 17.5 Å². The van der Waals surface area contributed by atoms with Crippen LogP contribution in [-0.2, 0) is 6.42 Å². The lowest BCUT2D eigenvalue weighted by Gasteiger charge is -2.13. The summed E-state index contributed by atoms with van der Waals surface area (Å²) in [6.45, 7) is 4.02. The van der Waals surface area contributed by atoms with E-state index in [0.717, 1.165) is 17.0 Å². The van der Waals surface area contributed by atoms with E-state index in [9.17, 15) is 0 Å². The Bertz CT molecular complexity index is 522. The van der Waals surface area contributed by atoms with Crippen LogP contribution in [-0.4, -0.2) is 16.2 Å². The molecule has 5 heteroatoms. The van der Waals surface area contributed by atoms with E-state index in [0.29, 0.717) is 18.1 Å². The van der Waals surface area contributed by atoms with Gasteiger partial charge in [-0.3, -0.25) is 0 Å². The molecule has 4 nitrogen and oxygen atoms in total. The molecule has 2 aromatic rings. The monoisotopic (exact) mass is 279 g/mol. The van der Waals surface area contributed by atoms with Gasteiger partial charge >= 0.3 is 0 Å². The summed E-state index contributed by atoms with van der Waals surface area (Å²) >= 11 is 5.85. The summed E-state index contributed by atoms with van der Waals surface area (Å²) in [6.07, 6.45) is 1.52. The third kappa shape index (κ3) is 3.55. The van der Waals surface area contributed by atoms with Gasteiger partial charge < -0.3 is 10.3 Å². The van der Waals surface area contributed by atoms with E-state index < -0.39 is 0 Å². The topological polar surface area (TPSA) is 64.9 Å². The van der Waals surface area contributed by atoms with Crippen molar-refractivity contribution in [2.24, 2.45) is 5.73 Å². The van der Waals surface area contributed by atoms with Crippen LogP contribution in [0.25, 0.3) is 0 Å². The van der Waals surface area contributed by atoms with E-state index >= 15 is 0 Å². The number of hydrogen-bond acceptors (Lipinski definition) is 4. The molecule has 0 saturated carbocycles. The molecule has 1 aromatic heterocycles. The van der Waals surface area contributed by atoms with Gasteiger partial charge in [-0.15, -0.1) is 0 Å². The summed E-state index contributed by atoms with van der Waals surface area (Å²) in [7, 11) is 0.